The molecule has 5 rings (SSSR count). The van der Waals surface area contributed by atoms with Crippen molar-refractivity contribution in [2.45, 2.75) is 0 Å². The zero-order valence-corrected chi connectivity index (χ0v) is 17.4. The number of fused-ring (bicyclic) bond motifs is 1. The van der Waals surface area contributed by atoms with Crippen LogP contribution < -0.4 is 20.1 Å². The van der Waals surface area contributed by atoms with Crippen molar-refractivity contribution < 1.29 is 4.74 Å². The number of pyridine rings is 1. The van der Waals surface area contributed by atoms with E-state index >= 15 is 0 Å². The molecule has 154 valence electrons. The highest BCUT2D eigenvalue weighted by atomic mass is 35.5. The minimum absolute atomic E-state index is 0.277. The van der Waals surface area contributed by atoms with Crippen LogP contribution in [0.25, 0.3) is 11.3 Å². The van der Waals surface area contributed by atoms with Crippen molar-refractivity contribution >= 4 is 23.4 Å². The molecule has 0 N–H and O–H groups in total. The number of rotatable bonds is 4. The molecule has 2 fully saturated rings. The highest BCUT2D eigenvalue weighted by Crippen LogP contribution is 2.38. The minimum Gasteiger partial charge on any atom is -0.495 e. The first-order valence-corrected chi connectivity index (χ1v) is 10.3. The van der Waals surface area contributed by atoms with Gasteiger partial charge in [0.2, 0.25) is 5.95 Å². The molecular weight excluding hydrogens is 402 g/mol. The maximum atomic E-state index is 12.5. The Kier molecular flexibility index (Phi) is 4.83. The van der Waals surface area contributed by atoms with E-state index in [-0.39, 0.29) is 5.56 Å². The monoisotopic (exact) mass is 423 g/mol. The Hall–Kier alpha value is -3.06. The van der Waals surface area contributed by atoms with E-state index in [1.165, 1.54) is 6.07 Å². The molecule has 8 heteroatoms. The van der Waals surface area contributed by atoms with Gasteiger partial charge >= 0.3 is 0 Å². The fraction of sp³-hybridized carbons (Fsp3) is 0.318. The summed E-state index contributed by atoms with van der Waals surface area (Å²) in [6.07, 6.45) is 3.38. The average Bonchev–Trinajstić information content (AvgIpc) is 3.35. The summed E-state index contributed by atoms with van der Waals surface area (Å²) in [6.45, 7) is 3.51. The number of ether oxygens (including phenoxy) is 1. The molecule has 7 nitrogen and oxygen atoms in total. The lowest BCUT2D eigenvalue weighted by Gasteiger charge is -2.25. The molecule has 2 aromatic heterocycles. The maximum absolute atomic E-state index is 12.5. The van der Waals surface area contributed by atoms with Crippen LogP contribution in [-0.2, 0) is 0 Å². The fourth-order valence-corrected chi connectivity index (χ4v) is 4.76. The number of nitrogens with zero attached hydrogens (tertiary/aromatic N) is 5. The average molecular weight is 424 g/mol. The van der Waals surface area contributed by atoms with Gasteiger partial charge in [-0.1, -0.05) is 12.1 Å². The van der Waals surface area contributed by atoms with E-state index in [1.54, 1.807) is 19.5 Å². The number of hydrogen-bond donors (Lipinski definition) is 0. The number of methoxy groups -OCH3 is 1. The van der Waals surface area contributed by atoms with Crippen molar-refractivity contribution in [1.82, 2.24) is 14.1 Å². The van der Waals surface area contributed by atoms with Gasteiger partial charge in [0.15, 0.2) is 0 Å². The Labute approximate surface area is 179 Å². The molecule has 2 atom stereocenters. The number of hydrogen-bond acceptors (Lipinski definition) is 6. The lowest BCUT2D eigenvalue weighted by molar-refractivity contribution is 0.414. The minimum atomic E-state index is -0.277. The Bertz CT molecular complexity index is 1110. The summed E-state index contributed by atoms with van der Waals surface area (Å²) in [5.41, 5.74) is 2.32. The predicted molar refractivity (Wildman–Crippen MR) is 117 cm³/mol. The van der Waals surface area contributed by atoms with Crippen LogP contribution in [0.3, 0.4) is 0 Å². The zero-order chi connectivity index (χ0) is 20.7. The third-order valence-corrected chi connectivity index (χ3v) is 6.34. The Balaban J connectivity index is 1.38. The molecular formula is C22H22ClN5O2. The fourth-order valence-electron chi connectivity index (χ4n) is 4.57. The molecule has 4 heterocycles. The van der Waals surface area contributed by atoms with Gasteiger partial charge in [-0.3, -0.25) is 9.78 Å². The standard InChI is InChI=1S/C22H22ClN5O2/c1-30-20-5-3-2-4-19(20)26-11-16-13-27(14-17(16)12-26)22-25-18(10-21(29)28(22)23)15-6-8-24-9-7-15/h2-10,16-17H,11-14H2,1H3/t16-,17+. The molecule has 0 spiro atoms. The van der Waals surface area contributed by atoms with Gasteiger partial charge in [-0.2, -0.15) is 4.09 Å². The quantitative estimate of drug-likeness (QED) is 0.643. The molecule has 2 aliphatic heterocycles. The van der Waals surface area contributed by atoms with Crippen LogP contribution in [0.5, 0.6) is 5.75 Å². The molecule has 0 aliphatic carbocycles. The van der Waals surface area contributed by atoms with Gasteiger partial charge in [-0.05, 0) is 24.3 Å². The van der Waals surface area contributed by atoms with E-state index < -0.39 is 0 Å². The van der Waals surface area contributed by atoms with Crippen LogP contribution in [0.15, 0.2) is 59.7 Å². The van der Waals surface area contributed by atoms with Crippen molar-refractivity contribution in [1.29, 1.82) is 0 Å². The molecule has 1 aromatic carbocycles. The predicted octanol–water partition coefficient (Wildman–Crippen LogP) is 2.89. The van der Waals surface area contributed by atoms with E-state index in [4.69, 9.17) is 21.5 Å². The molecule has 0 bridgehead atoms. The summed E-state index contributed by atoms with van der Waals surface area (Å²) in [6, 6.07) is 13.3. The molecule has 3 aromatic rings. The summed E-state index contributed by atoms with van der Waals surface area (Å²) in [7, 11) is 1.71. The Morgan fingerprint density at radius 3 is 2.37 bits per heavy atom. The molecule has 0 radical (unpaired) electrons. The van der Waals surface area contributed by atoms with Gasteiger partial charge in [0.1, 0.15) is 5.75 Å². The van der Waals surface area contributed by atoms with Gasteiger partial charge in [-0.15, -0.1) is 0 Å². The highest BCUT2D eigenvalue weighted by molar-refractivity contribution is 6.16. The lowest BCUT2D eigenvalue weighted by Crippen LogP contribution is -2.32. The molecule has 0 saturated carbocycles. The Morgan fingerprint density at radius 1 is 1.00 bits per heavy atom. The van der Waals surface area contributed by atoms with Crippen LogP contribution in [-0.4, -0.2) is 47.3 Å². The second-order valence-corrected chi connectivity index (χ2v) is 8.14. The van der Waals surface area contributed by atoms with E-state index in [0.29, 0.717) is 23.5 Å². The van der Waals surface area contributed by atoms with Crippen LogP contribution in [0.2, 0.25) is 0 Å². The second kappa shape index (κ2) is 7.65. The number of halogens is 1. The molecule has 0 amide bonds. The molecule has 2 saturated heterocycles. The lowest BCUT2D eigenvalue weighted by atomic mass is 10.0. The summed E-state index contributed by atoms with van der Waals surface area (Å²) in [4.78, 5) is 25.7. The van der Waals surface area contributed by atoms with Gasteiger partial charge in [0.25, 0.3) is 5.56 Å². The second-order valence-electron chi connectivity index (χ2n) is 7.80. The number of benzene rings is 1. The van der Waals surface area contributed by atoms with E-state index in [1.807, 2.05) is 30.3 Å². The van der Waals surface area contributed by atoms with Gasteiger partial charge < -0.3 is 14.5 Å². The molecule has 2 aliphatic rings. The smallest absolute Gasteiger partial charge is 0.270 e. The van der Waals surface area contributed by atoms with Crippen LogP contribution >= 0.6 is 11.8 Å². The number of anilines is 2. The first-order chi connectivity index (χ1) is 14.6. The van der Waals surface area contributed by atoms with Crippen molar-refractivity contribution in [3.63, 3.8) is 0 Å². The van der Waals surface area contributed by atoms with Crippen LogP contribution in [0.4, 0.5) is 11.6 Å². The summed E-state index contributed by atoms with van der Waals surface area (Å²) >= 11 is 6.31. The summed E-state index contributed by atoms with van der Waals surface area (Å²) in [5.74, 6) is 2.37. The van der Waals surface area contributed by atoms with Crippen LogP contribution in [0, 0.1) is 11.8 Å². The third-order valence-electron chi connectivity index (χ3n) is 6.02. The van der Waals surface area contributed by atoms with Gasteiger partial charge in [0, 0.05) is 73.8 Å². The largest absolute Gasteiger partial charge is 0.495 e. The van der Waals surface area contributed by atoms with Crippen molar-refractivity contribution in [3.05, 3.63) is 65.2 Å². The van der Waals surface area contributed by atoms with E-state index in [9.17, 15) is 4.79 Å². The van der Waals surface area contributed by atoms with Crippen molar-refractivity contribution in [3.8, 4) is 17.0 Å². The summed E-state index contributed by atoms with van der Waals surface area (Å²) < 4.78 is 6.66. The molecule has 30 heavy (non-hydrogen) atoms. The van der Waals surface area contributed by atoms with Crippen molar-refractivity contribution in [2.24, 2.45) is 11.8 Å². The number of aromatic nitrogens is 3. The van der Waals surface area contributed by atoms with Crippen molar-refractivity contribution in [2.75, 3.05) is 43.1 Å². The Morgan fingerprint density at radius 2 is 1.67 bits per heavy atom. The van der Waals surface area contributed by atoms with E-state index in [0.717, 1.165) is 47.3 Å². The first-order valence-electron chi connectivity index (χ1n) is 9.97. The third kappa shape index (κ3) is 3.29. The topological polar surface area (TPSA) is 63.5 Å². The summed E-state index contributed by atoms with van der Waals surface area (Å²) in [5, 5.41) is 0. The van der Waals surface area contributed by atoms with Gasteiger partial charge in [-0.25, -0.2) is 4.98 Å². The molecule has 0 unspecified atom stereocenters. The normalized spacial score (nSPS) is 20.5. The zero-order valence-electron chi connectivity index (χ0n) is 16.6. The maximum Gasteiger partial charge on any atom is 0.270 e. The van der Waals surface area contributed by atoms with E-state index in [2.05, 4.69) is 20.9 Å². The van der Waals surface area contributed by atoms with Crippen LogP contribution in [0.1, 0.15) is 0 Å². The SMILES string of the molecule is COc1ccccc1N1C[C@@H]2CN(c3nc(-c4ccncc4)cc(=O)n3Cl)C[C@@H]2C1. The van der Waals surface area contributed by atoms with Gasteiger partial charge in [0.05, 0.1) is 18.5 Å². The number of para-hydroxylation sites is 2. The first kappa shape index (κ1) is 18.9. The highest BCUT2D eigenvalue weighted by Gasteiger charge is 2.41.